The molecular weight excluding hydrogens is 724 g/mol. The molecule has 2 aliphatic rings. The number of ketones is 6. The van der Waals surface area contributed by atoms with Crippen LogP contribution in [0.2, 0.25) is 5.02 Å². The van der Waals surface area contributed by atoms with Crippen LogP contribution in [-0.4, -0.2) is 34.7 Å². The highest BCUT2D eigenvalue weighted by Gasteiger charge is 2.40. The van der Waals surface area contributed by atoms with E-state index >= 15 is 0 Å². The lowest BCUT2D eigenvalue weighted by molar-refractivity contribution is 0.0813. The summed E-state index contributed by atoms with van der Waals surface area (Å²) < 4.78 is 12.3. The first kappa shape index (κ1) is 32.8. The smallest absolute Gasteiger partial charge is 0.238 e. The van der Waals surface area contributed by atoms with Gasteiger partial charge in [0.15, 0.2) is 11.6 Å². The minimum absolute atomic E-state index is 0.0427. The van der Waals surface area contributed by atoms with Gasteiger partial charge >= 0.3 is 0 Å². The van der Waals surface area contributed by atoms with Crippen LogP contribution in [0.5, 0.6) is 0 Å². The molecule has 0 amide bonds. The Morgan fingerprint density at radius 1 is 0.520 bits per heavy atom. The molecule has 0 saturated carbocycles. The van der Waals surface area contributed by atoms with Crippen LogP contribution >= 0.6 is 27.5 Å². The van der Waals surface area contributed by atoms with Crippen molar-refractivity contribution in [1.82, 2.24) is 0 Å². The van der Waals surface area contributed by atoms with Crippen LogP contribution in [0.4, 0.5) is 0 Å². The maximum absolute atomic E-state index is 12.9. The van der Waals surface area contributed by atoms with Crippen molar-refractivity contribution in [3.63, 3.8) is 0 Å². The third kappa shape index (κ3) is 5.31. The van der Waals surface area contributed by atoms with E-state index in [4.69, 9.17) is 20.4 Å². The highest BCUT2D eigenvalue weighted by atomic mass is 79.9. The van der Waals surface area contributed by atoms with Crippen molar-refractivity contribution >= 4 is 62.2 Å². The molecule has 0 fully saturated rings. The van der Waals surface area contributed by atoms with E-state index < -0.39 is 23.1 Å². The number of hydrogen-bond acceptors (Lipinski definition) is 8. The van der Waals surface area contributed by atoms with Gasteiger partial charge in [-0.1, -0.05) is 76.1 Å². The van der Waals surface area contributed by atoms with Gasteiger partial charge in [-0.05, 0) is 62.4 Å². The predicted molar refractivity (Wildman–Crippen MR) is 188 cm³/mol. The molecule has 2 aromatic heterocycles. The molecule has 0 bridgehead atoms. The Hall–Kier alpha value is -5.77. The molecule has 0 aliphatic heterocycles. The third-order valence-electron chi connectivity index (χ3n) is 8.53. The first-order chi connectivity index (χ1) is 24.0. The summed E-state index contributed by atoms with van der Waals surface area (Å²) in [7, 11) is 0. The average Bonchev–Trinajstić information content (AvgIpc) is 3.66. The molecule has 244 valence electrons. The van der Waals surface area contributed by atoms with Crippen LogP contribution in [0.1, 0.15) is 84.8 Å². The standard InChI is InChI=1S/C20H11BrO4.C20H11ClO4/c2*1-10-15(17(22)11-6-8-12(21)9-7-11)16-19(24)18(23)13-4-2-3-5-14(13)20(16)25-10/h2*2-9H,1H3. The van der Waals surface area contributed by atoms with E-state index in [9.17, 15) is 28.8 Å². The second kappa shape index (κ2) is 12.6. The Balaban J connectivity index is 0.000000157. The monoisotopic (exact) mass is 744 g/mol. The van der Waals surface area contributed by atoms with Gasteiger partial charge in [-0.15, -0.1) is 0 Å². The van der Waals surface area contributed by atoms with E-state index in [1.165, 1.54) is 0 Å². The van der Waals surface area contributed by atoms with Gasteiger partial charge in [0.2, 0.25) is 23.1 Å². The SMILES string of the molecule is Cc1oc2c(c1C(=O)c1ccc(Br)cc1)C(=O)C(=O)c1ccccc1-2.Cc1oc2c(c1C(=O)c1ccc(Cl)cc1)C(=O)C(=O)c1ccccc1-2. The van der Waals surface area contributed by atoms with Gasteiger partial charge in [-0.2, -0.15) is 0 Å². The van der Waals surface area contributed by atoms with Crippen LogP contribution in [0.25, 0.3) is 22.6 Å². The Labute approximate surface area is 297 Å². The van der Waals surface area contributed by atoms with E-state index in [1.807, 2.05) is 0 Å². The molecule has 6 aromatic rings. The first-order valence-corrected chi connectivity index (χ1v) is 16.4. The van der Waals surface area contributed by atoms with Gasteiger partial charge in [0.1, 0.15) is 23.0 Å². The fraction of sp³-hybridized carbons (Fsp3) is 0.0500. The second-order valence-corrected chi connectivity index (χ2v) is 12.9. The fourth-order valence-corrected chi connectivity index (χ4v) is 6.56. The summed E-state index contributed by atoms with van der Waals surface area (Å²) in [4.78, 5) is 76.0. The van der Waals surface area contributed by atoms with Gasteiger partial charge in [-0.3, -0.25) is 28.8 Å². The normalized spacial score (nSPS) is 12.7. The van der Waals surface area contributed by atoms with E-state index in [0.717, 1.165) is 4.47 Å². The Morgan fingerprint density at radius 2 is 0.880 bits per heavy atom. The number of aryl methyl sites for hydroxylation is 2. The molecule has 0 unspecified atom stereocenters. The van der Waals surface area contributed by atoms with Crippen molar-refractivity contribution in [2.75, 3.05) is 0 Å². The molecule has 2 aliphatic carbocycles. The average molecular weight is 746 g/mol. The molecule has 8 nitrogen and oxygen atoms in total. The maximum Gasteiger partial charge on any atom is 0.238 e. The Bertz CT molecular complexity index is 2290. The van der Waals surface area contributed by atoms with E-state index in [1.54, 1.807) is 111 Å². The molecule has 0 spiro atoms. The molecule has 0 radical (unpaired) electrons. The summed E-state index contributed by atoms with van der Waals surface area (Å²) >= 11 is 9.18. The van der Waals surface area contributed by atoms with E-state index in [-0.39, 0.29) is 45.3 Å². The molecule has 4 aromatic carbocycles. The van der Waals surface area contributed by atoms with Crippen molar-refractivity contribution in [1.29, 1.82) is 0 Å². The van der Waals surface area contributed by atoms with Crippen molar-refractivity contribution in [2.24, 2.45) is 0 Å². The van der Waals surface area contributed by atoms with Gasteiger partial charge in [0, 0.05) is 42.9 Å². The molecule has 50 heavy (non-hydrogen) atoms. The number of hydrogen-bond donors (Lipinski definition) is 0. The zero-order chi connectivity index (χ0) is 35.4. The van der Waals surface area contributed by atoms with Gasteiger partial charge < -0.3 is 8.83 Å². The Kier molecular flexibility index (Phi) is 8.25. The van der Waals surface area contributed by atoms with Crippen LogP contribution in [0.15, 0.2) is 110 Å². The quantitative estimate of drug-likeness (QED) is 0.129. The second-order valence-electron chi connectivity index (χ2n) is 11.6. The summed E-state index contributed by atoms with van der Waals surface area (Å²) in [5.74, 6) is -2.18. The van der Waals surface area contributed by atoms with Crippen LogP contribution < -0.4 is 0 Å². The van der Waals surface area contributed by atoms with E-state index in [2.05, 4.69) is 15.9 Å². The zero-order valence-corrected chi connectivity index (χ0v) is 28.6. The summed E-state index contributed by atoms with van der Waals surface area (Å²) in [5, 5.41) is 0.502. The molecule has 8 rings (SSSR count). The van der Waals surface area contributed by atoms with Crippen molar-refractivity contribution < 1.29 is 37.6 Å². The van der Waals surface area contributed by atoms with Crippen molar-refractivity contribution in [3.8, 4) is 22.6 Å². The van der Waals surface area contributed by atoms with Crippen LogP contribution in [-0.2, 0) is 0 Å². The molecule has 0 N–H and O–H groups in total. The van der Waals surface area contributed by atoms with Crippen molar-refractivity contribution in [2.45, 2.75) is 13.8 Å². The number of fused-ring (bicyclic) bond motifs is 6. The lowest BCUT2D eigenvalue weighted by Crippen LogP contribution is -2.22. The summed E-state index contributed by atoms with van der Waals surface area (Å²) in [6, 6.07) is 26.7. The van der Waals surface area contributed by atoms with Crippen LogP contribution in [0.3, 0.4) is 0 Å². The summed E-state index contributed by atoms with van der Waals surface area (Å²) in [6.07, 6.45) is 0. The highest BCUT2D eigenvalue weighted by Crippen LogP contribution is 2.40. The summed E-state index contributed by atoms with van der Waals surface area (Å²) in [6.45, 7) is 3.24. The zero-order valence-electron chi connectivity index (χ0n) is 26.3. The minimum atomic E-state index is -0.720. The predicted octanol–water partition coefficient (Wildman–Crippen LogP) is 9.15. The van der Waals surface area contributed by atoms with E-state index in [0.29, 0.717) is 49.9 Å². The minimum Gasteiger partial charge on any atom is -0.460 e. The number of carbonyl (C=O) groups excluding carboxylic acids is 6. The Morgan fingerprint density at radius 3 is 1.28 bits per heavy atom. The lowest BCUT2D eigenvalue weighted by atomic mass is 9.85. The highest BCUT2D eigenvalue weighted by molar-refractivity contribution is 9.10. The largest absolute Gasteiger partial charge is 0.460 e. The van der Waals surface area contributed by atoms with Crippen molar-refractivity contribution in [3.05, 3.63) is 163 Å². The maximum atomic E-state index is 12.9. The topological polar surface area (TPSA) is 129 Å². The van der Waals surface area contributed by atoms with Crippen LogP contribution in [0, 0.1) is 13.8 Å². The molecule has 2 heterocycles. The van der Waals surface area contributed by atoms with Gasteiger partial charge in [-0.25, -0.2) is 0 Å². The molecular formula is C40H22BrClO8. The lowest BCUT2D eigenvalue weighted by Gasteiger charge is -2.13. The van der Waals surface area contributed by atoms with Gasteiger partial charge in [0.05, 0.1) is 22.3 Å². The van der Waals surface area contributed by atoms with Gasteiger partial charge in [0.25, 0.3) is 0 Å². The number of halogens is 2. The summed E-state index contributed by atoms with van der Waals surface area (Å²) in [5.41, 5.74) is 2.85. The number of rotatable bonds is 4. The number of carbonyl (C=O) groups is 6. The number of Topliss-reactive ketones (excluding diaryl/α,β-unsaturated/α-hetero) is 4. The molecule has 10 heteroatoms. The number of benzene rings is 4. The number of furan rings is 2. The molecule has 0 saturated heterocycles. The fourth-order valence-electron chi connectivity index (χ4n) is 6.17. The first-order valence-electron chi connectivity index (χ1n) is 15.2. The third-order valence-corrected chi connectivity index (χ3v) is 9.32. The molecule has 0 atom stereocenters.